The molecule has 3 nitrogen and oxygen atoms in total. The second-order valence-corrected chi connectivity index (χ2v) is 6.85. The van der Waals surface area contributed by atoms with Crippen LogP contribution in [0.1, 0.15) is 34.3 Å². The van der Waals surface area contributed by atoms with Gasteiger partial charge in [-0.15, -0.1) is 0 Å². The number of aryl methyl sites for hydroxylation is 1. The lowest BCUT2D eigenvalue weighted by atomic mass is 9.87. The predicted molar refractivity (Wildman–Crippen MR) is 95.9 cm³/mol. The number of aliphatic hydroxyl groups is 1. The van der Waals surface area contributed by atoms with Crippen LogP contribution in [-0.4, -0.2) is 35.1 Å². The van der Waals surface area contributed by atoms with Gasteiger partial charge in [-0.05, 0) is 55.4 Å². The molecule has 0 aliphatic carbocycles. The fourth-order valence-electron chi connectivity index (χ4n) is 3.50. The van der Waals surface area contributed by atoms with E-state index in [2.05, 4.69) is 0 Å². The average molecular weight is 341 g/mol. The van der Waals surface area contributed by atoms with E-state index in [4.69, 9.17) is 0 Å². The lowest BCUT2D eigenvalue weighted by Crippen LogP contribution is -2.41. The number of carbonyl (C=O) groups is 1. The first-order chi connectivity index (χ1) is 12.0. The summed E-state index contributed by atoms with van der Waals surface area (Å²) in [6.07, 6.45) is 1.79. The van der Waals surface area contributed by atoms with Crippen LogP contribution in [0, 0.1) is 18.7 Å². The number of halogens is 1. The first-order valence-corrected chi connectivity index (χ1v) is 8.82. The number of amides is 1. The molecular weight excluding hydrogens is 317 g/mol. The number of piperidine rings is 1. The largest absolute Gasteiger partial charge is 0.392 e. The van der Waals surface area contributed by atoms with Gasteiger partial charge in [-0.2, -0.15) is 0 Å². The topological polar surface area (TPSA) is 40.5 Å². The Kier molecular flexibility index (Phi) is 5.49. The first-order valence-electron chi connectivity index (χ1n) is 8.82. The Hall–Kier alpha value is -2.20. The number of benzene rings is 2. The molecule has 1 saturated heterocycles. The molecule has 0 saturated carbocycles. The Morgan fingerprint density at radius 3 is 2.56 bits per heavy atom. The molecule has 1 N–H and O–H groups in total. The van der Waals surface area contributed by atoms with Crippen LogP contribution in [0.3, 0.4) is 0 Å². The van der Waals surface area contributed by atoms with E-state index in [1.807, 2.05) is 37.3 Å². The number of likely N-dealkylation sites (tertiary alicyclic amines) is 1. The maximum absolute atomic E-state index is 13.4. The quantitative estimate of drug-likeness (QED) is 0.923. The Morgan fingerprint density at radius 1 is 1.20 bits per heavy atom. The molecule has 0 bridgehead atoms. The molecule has 0 spiro atoms. The fraction of sp³-hybridized carbons (Fsp3) is 0.381. The van der Waals surface area contributed by atoms with E-state index in [1.165, 1.54) is 12.1 Å². The van der Waals surface area contributed by atoms with Crippen molar-refractivity contribution in [3.05, 3.63) is 71.0 Å². The minimum absolute atomic E-state index is 0.118. The molecule has 1 atom stereocenters. The summed E-state index contributed by atoms with van der Waals surface area (Å²) in [6, 6.07) is 14.3. The van der Waals surface area contributed by atoms with Crippen molar-refractivity contribution >= 4 is 5.91 Å². The molecular formula is C21H24FNO2. The Labute approximate surface area is 148 Å². The zero-order valence-electron chi connectivity index (χ0n) is 14.5. The number of hydrogen-bond acceptors (Lipinski definition) is 2. The van der Waals surface area contributed by atoms with Crippen LogP contribution in [0.2, 0.25) is 0 Å². The van der Waals surface area contributed by atoms with Crippen LogP contribution >= 0.6 is 0 Å². The summed E-state index contributed by atoms with van der Waals surface area (Å²) in [4.78, 5) is 14.4. The molecule has 3 rings (SSSR count). The lowest BCUT2D eigenvalue weighted by molar-refractivity contribution is 0.0466. The SMILES string of the molecule is Cc1ccc(F)cc1C(=O)N1CCC(C(O)Cc2ccccc2)CC1. The highest BCUT2D eigenvalue weighted by atomic mass is 19.1. The summed E-state index contributed by atoms with van der Waals surface area (Å²) in [5, 5.41) is 10.5. The highest BCUT2D eigenvalue weighted by Gasteiger charge is 2.28. The van der Waals surface area contributed by atoms with Crippen molar-refractivity contribution in [2.24, 2.45) is 5.92 Å². The van der Waals surface area contributed by atoms with Crippen LogP contribution in [0.15, 0.2) is 48.5 Å². The van der Waals surface area contributed by atoms with E-state index in [1.54, 1.807) is 11.0 Å². The van der Waals surface area contributed by atoms with Gasteiger partial charge in [0.25, 0.3) is 5.91 Å². The van der Waals surface area contributed by atoms with Gasteiger partial charge in [0.1, 0.15) is 5.82 Å². The van der Waals surface area contributed by atoms with E-state index in [0.29, 0.717) is 25.1 Å². The zero-order valence-corrected chi connectivity index (χ0v) is 14.5. The van der Waals surface area contributed by atoms with Crippen LogP contribution in [-0.2, 0) is 6.42 Å². The van der Waals surface area contributed by atoms with Crippen molar-refractivity contribution in [1.29, 1.82) is 0 Å². The van der Waals surface area contributed by atoms with E-state index < -0.39 is 6.10 Å². The number of carbonyl (C=O) groups excluding carboxylic acids is 1. The van der Waals surface area contributed by atoms with Crippen LogP contribution in [0.25, 0.3) is 0 Å². The average Bonchev–Trinajstić information content (AvgIpc) is 2.64. The van der Waals surface area contributed by atoms with Crippen molar-refractivity contribution < 1.29 is 14.3 Å². The zero-order chi connectivity index (χ0) is 17.8. The van der Waals surface area contributed by atoms with Crippen molar-refractivity contribution in [3.63, 3.8) is 0 Å². The third kappa shape index (κ3) is 4.26. The van der Waals surface area contributed by atoms with Gasteiger partial charge in [0, 0.05) is 18.7 Å². The molecule has 132 valence electrons. The van der Waals surface area contributed by atoms with Crippen molar-refractivity contribution in [3.8, 4) is 0 Å². The van der Waals surface area contributed by atoms with Gasteiger partial charge in [-0.25, -0.2) is 4.39 Å². The molecule has 0 radical (unpaired) electrons. The third-order valence-corrected chi connectivity index (χ3v) is 5.09. The molecule has 1 unspecified atom stereocenters. The fourth-order valence-corrected chi connectivity index (χ4v) is 3.50. The van der Waals surface area contributed by atoms with E-state index in [9.17, 15) is 14.3 Å². The minimum atomic E-state index is -0.393. The summed E-state index contributed by atoms with van der Waals surface area (Å²) in [6.45, 7) is 3.03. The lowest BCUT2D eigenvalue weighted by Gasteiger charge is -2.34. The molecule has 1 amide bonds. The van der Waals surface area contributed by atoms with Gasteiger partial charge in [0.05, 0.1) is 6.10 Å². The number of hydrogen-bond donors (Lipinski definition) is 1. The van der Waals surface area contributed by atoms with Gasteiger partial charge < -0.3 is 10.0 Å². The monoisotopic (exact) mass is 341 g/mol. The van der Waals surface area contributed by atoms with Gasteiger partial charge in [-0.3, -0.25) is 4.79 Å². The maximum atomic E-state index is 13.4. The van der Waals surface area contributed by atoms with Crippen molar-refractivity contribution in [1.82, 2.24) is 4.90 Å². The first kappa shape index (κ1) is 17.6. The Balaban J connectivity index is 1.58. The molecule has 25 heavy (non-hydrogen) atoms. The Bertz CT molecular complexity index is 724. The minimum Gasteiger partial charge on any atom is -0.392 e. The van der Waals surface area contributed by atoms with E-state index >= 15 is 0 Å². The molecule has 0 aromatic heterocycles. The van der Waals surface area contributed by atoms with Crippen LogP contribution < -0.4 is 0 Å². The molecule has 1 heterocycles. The summed E-state index contributed by atoms with van der Waals surface area (Å²) >= 11 is 0. The number of aliphatic hydroxyl groups excluding tert-OH is 1. The Morgan fingerprint density at radius 2 is 1.88 bits per heavy atom. The third-order valence-electron chi connectivity index (χ3n) is 5.09. The second kappa shape index (κ2) is 7.79. The standard InChI is InChI=1S/C21H24FNO2/c1-15-7-8-18(22)14-19(15)21(25)23-11-9-17(10-12-23)20(24)13-16-5-3-2-4-6-16/h2-8,14,17,20,24H,9-13H2,1H3. The normalized spacial score (nSPS) is 16.7. The molecule has 4 heteroatoms. The summed E-state index contributed by atoms with van der Waals surface area (Å²) in [5.74, 6) is -0.312. The number of rotatable bonds is 4. The summed E-state index contributed by atoms with van der Waals surface area (Å²) < 4.78 is 13.4. The van der Waals surface area contributed by atoms with Gasteiger partial charge in [0.2, 0.25) is 0 Å². The van der Waals surface area contributed by atoms with Crippen LogP contribution in [0.5, 0.6) is 0 Å². The predicted octanol–water partition coefficient (Wildman–Crippen LogP) is 3.59. The van der Waals surface area contributed by atoms with E-state index in [0.717, 1.165) is 24.0 Å². The van der Waals surface area contributed by atoms with Crippen molar-refractivity contribution in [2.45, 2.75) is 32.3 Å². The van der Waals surface area contributed by atoms with Gasteiger partial charge in [-0.1, -0.05) is 36.4 Å². The molecule has 2 aromatic carbocycles. The maximum Gasteiger partial charge on any atom is 0.254 e. The van der Waals surface area contributed by atoms with Crippen LogP contribution in [0.4, 0.5) is 4.39 Å². The van der Waals surface area contributed by atoms with Crippen molar-refractivity contribution in [2.75, 3.05) is 13.1 Å². The van der Waals surface area contributed by atoms with E-state index in [-0.39, 0.29) is 17.6 Å². The van der Waals surface area contributed by atoms with Gasteiger partial charge >= 0.3 is 0 Å². The highest BCUT2D eigenvalue weighted by molar-refractivity contribution is 5.95. The van der Waals surface area contributed by atoms with Gasteiger partial charge in [0.15, 0.2) is 0 Å². The smallest absolute Gasteiger partial charge is 0.254 e. The molecule has 1 aliphatic heterocycles. The molecule has 1 aliphatic rings. The summed E-state index contributed by atoms with van der Waals surface area (Å²) in [7, 11) is 0. The summed E-state index contributed by atoms with van der Waals surface area (Å²) in [5.41, 5.74) is 2.35. The molecule has 2 aromatic rings. The second-order valence-electron chi connectivity index (χ2n) is 6.85. The highest BCUT2D eigenvalue weighted by Crippen LogP contribution is 2.25. The molecule has 1 fully saturated rings. The number of nitrogens with zero attached hydrogens (tertiary/aromatic N) is 1.